The Labute approximate surface area is 117 Å². The van der Waals surface area contributed by atoms with Gasteiger partial charge in [-0.15, -0.1) is 0 Å². The predicted octanol–water partition coefficient (Wildman–Crippen LogP) is 1.65. The average Bonchev–Trinajstić information content (AvgIpc) is 2.29. The molecule has 0 bridgehead atoms. The van der Waals surface area contributed by atoms with Crippen LogP contribution in [0, 0.1) is 3.57 Å². The minimum absolute atomic E-state index is 0.0982. The molecular formula is C13H21IN2O. The minimum Gasteiger partial charge on any atom is -0.394 e. The summed E-state index contributed by atoms with van der Waals surface area (Å²) >= 11 is 2.28. The smallest absolute Gasteiger partial charge is 0.0652 e. The summed E-state index contributed by atoms with van der Waals surface area (Å²) in [5, 5.41) is 13.0. The molecule has 1 atom stereocenters. The zero-order valence-electron chi connectivity index (χ0n) is 10.7. The number of hydrogen-bond donors (Lipinski definition) is 2. The molecule has 0 aliphatic carbocycles. The van der Waals surface area contributed by atoms with Crippen LogP contribution in [0.4, 0.5) is 0 Å². The van der Waals surface area contributed by atoms with Crippen LogP contribution in [-0.4, -0.2) is 43.8 Å². The van der Waals surface area contributed by atoms with Gasteiger partial charge in [-0.25, -0.2) is 0 Å². The van der Waals surface area contributed by atoms with Crippen molar-refractivity contribution in [1.82, 2.24) is 10.2 Å². The van der Waals surface area contributed by atoms with E-state index >= 15 is 0 Å². The van der Waals surface area contributed by atoms with Crippen molar-refractivity contribution in [3.05, 3.63) is 33.4 Å². The molecule has 1 rings (SSSR count). The maximum Gasteiger partial charge on any atom is 0.0652 e. The molecule has 0 heterocycles. The summed E-state index contributed by atoms with van der Waals surface area (Å²) in [6.07, 6.45) is 0. The van der Waals surface area contributed by atoms with Crippen LogP contribution in [0.3, 0.4) is 0 Å². The molecule has 1 aromatic carbocycles. The lowest BCUT2D eigenvalue weighted by Gasteiger charge is -2.30. The Hall–Kier alpha value is -0.170. The Bertz CT molecular complexity index is 340. The van der Waals surface area contributed by atoms with Crippen molar-refractivity contribution in [3.8, 4) is 0 Å². The Morgan fingerprint density at radius 1 is 1.29 bits per heavy atom. The lowest BCUT2D eigenvalue weighted by molar-refractivity contribution is 0.172. The third-order valence-corrected chi connectivity index (χ3v) is 3.59. The monoisotopic (exact) mass is 348 g/mol. The quantitative estimate of drug-likeness (QED) is 0.768. The largest absolute Gasteiger partial charge is 0.394 e. The van der Waals surface area contributed by atoms with Crippen LogP contribution in [0.25, 0.3) is 0 Å². The van der Waals surface area contributed by atoms with E-state index in [1.165, 1.54) is 3.57 Å². The lowest BCUT2D eigenvalue weighted by Crippen LogP contribution is -2.45. The molecule has 0 radical (unpaired) electrons. The van der Waals surface area contributed by atoms with Crippen LogP contribution in [0.15, 0.2) is 24.3 Å². The molecule has 96 valence electrons. The van der Waals surface area contributed by atoms with E-state index in [0.717, 1.165) is 18.7 Å². The molecule has 0 fully saturated rings. The van der Waals surface area contributed by atoms with Crippen LogP contribution in [-0.2, 0) is 5.54 Å². The van der Waals surface area contributed by atoms with Crippen molar-refractivity contribution < 1.29 is 5.11 Å². The topological polar surface area (TPSA) is 35.5 Å². The van der Waals surface area contributed by atoms with Crippen LogP contribution < -0.4 is 5.32 Å². The molecule has 0 spiro atoms. The summed E-state index contributed by atoms with van der Waals surface area (Å²) in [5.41, 5.74) is 0.763. The highest BCUT2D eigenvalue weighted by Gasteiger charge is 2.24. The van der Waals surface area contributed by atoms with Crippen molar-refractivity contribution in [2.45, 2.75) is 12.5 Å². The number of likely N-dealkylation sites (N-methyl/N-ethyl adjacent to an activating group) is 1. The fourth-order valence-corrected chi connectivity index (χ4v) is 1.98. The van der Waals surface area contributed by atoms with Crippen LogP contribution in [0.1, 0.15) is 12.5 Å². The van der Waals surface area contributed by atoms with Gasteiger partial charge in [0.2, 0.25) is 0 Å². The summed E-state index contributed by atoms with van der Waals surface area (Å²) in [7, 11) is 4.09. The third-order valence-electron chi connectivity index (χ3n) is 2.87. The summed E-state index contributed by atoms with van der Waals surface area (Å²) in [4.78, 5) is 2.12. The maximum absolute atomic E-state index is 9.60. The molecule has 0 saturated heterocycles. The lowest BCUT2D eigenvalue weighted by atomic mass is 9.93. The Morgan fingerprint density at radius 2 is 1.88 bits per heavy atom. The Morgan fingerprint density at radius 3 is 2.35 bits per heavy atom. The average molecular weight is 348 g/mol. The molecular weight excluding hydrogens is 327 g/mol. The van der Waals surface area contributed by atoms with Gasteiger partial charge in [0.1, 0.15) is 0 Å². The van der Waals surface area contributed by atoms with Crippen molar-refractivity contribution >= 4 is 22.6 Å². The molecule has 3 nitrogen and oxygen atoms in total. The Balaban J connectivity index is 2.70. The standard InChI is InChI=1S/C13H21IN2O/c1-13(10-17,15-8-9-16(2)3)11-4-6-12(14)7-5-11/h4-7,15,17H,8-10H2,1-3H3. The van der Waals surface area contributed by atoms with Gasteiger partial charge in [-0.3, -0.25) is 0 Å². The van der Waals surface area contributed by atoms with Gasteiger partial charge < -0.3 is 15.3 Å². The highest BCUT2D eigenvalue weighted by molar-refractivity contribution is 14.1. The second kappa shape index (κ2) is 6.68. The van der Waals surface area contributed by atoms with Gasteiger partial charge >= 0.3 is 0 Å². The first-order chi connectivity index (χ1) is 7.98. The number of nitrogens with one attached hydrogen (secondary N) is 1. The number of hydrogen-bond acceptors (Lipinski definition) is 3. The molecule has 0 aromatic heterocycles. The van der Waals surface area contributed by atoms with Crippen molar-refractivity contribution in [2.75, 3.05) is 33.8 Å². The third kappa shape index (κ3) is 4.54. The highest BCUT2D eigenvalue weighted by atomic mass is 127. The SMILES string of the molecule is CN(C)CCNC(C)(CO)c1ccc(I)cc1. The molecule has 2 N–H and O–H groups in total. The highest BCUT2D eigenvalue weighted by Crippen LogP contribution is 2.20. The summed E-state index contributed by atoms with van der Waals surface area (Å²) in [6, 6.07) is 8.27. The van der Waals surface area contributed by atoms with Gasteiger partial charge in [-0.05, 0) is 61.3 Å². The molecule has 4 heteroatoms. The van der Waals surface area contributed by atoms with Crippen molar-refractivity contribution in [1.29, 1.82) is 0 Å². The zero-order chi connectivity index (χ0) is 12.9. The van der Waals surface area contributed by atoms with E-state index in [0.29, 0.717) is 0 Å². The van der Waals surface area contributed by atoms with Crippen LogP contribution in [0.5, 0.6) is 0 Å². The van der Waals surface area contributed by atoms with E-state index in [9.17, 15) is 5.11 Å². The summed E-state index contributed by atoms with van der Waals surface area (Å²) in [5.74, 6) is 0. The normalized spacial score (nSPS) is 14.9. The fraction of sp³-hybridized carbons (Fsp3) is 0.538. The first kappa shape index (κ1) is 14.9. The first-order valence-corrected chi connectivity index (χ1v) is 6.82. The predicted molar refractivity (Wildman–Crippen MR) is 80.2 cm³/mol. The second-order valence-corrected chi connectivity index (χ2v) is 5.97. The van der Waals surface area contributed by atoms with E-state index in [2.05, 4.69) is 57.1 Å². The molecule has 1 aromatic rings. The van der Waals surface area contributed by atoms with Gasteiger partial charge in [0.25, 0.3) is 0 Å². The number of aliphatic hydroxyl groups is 1. The summed E-state index contributed by atoms with van der Waals surface area (Å²) < 4.78 is 1.21. The van der Waals surface area contributed by atoms with Gasteiger partial charge in [0.05, 0.1) is 12.1 Å². The van der Waals surface area contributed by atoms with Gasteiger partial charge in [-0.1, -0.05) is 12.1 Å². The second-order valence-electron chi connectivity index (χ2n) is 4.73. The van der Waals surface area contributed by atoms with E-state index in [1.807, 2.05) is 21.0 Å². The molecule has 0 amide bonds. The molecule has 1 unspecified atom stereocenters. The number of benzene rings is 1. The number of nitrogens with zero attached hydrogens (tertiary/aromatic N) is 1. The maximum atomic E-state index is 9.60. The van der Waals surface area contributed by atoms with E-state index in [-0.39, 0.29) is 12.1 Å². The summed E-state index contributed by atoms with van der Waals surface area (Å²) in [6.45, 7) is 3.95. The van der Waals surface area contributed by atoms with Crippen LogP contribution in [0.2, 0.25) is 0 Å². The number of aliphatic hydroxyl groups excluding tert-OH is 1. The molecule has 0 aliphatic heterocycles. The molecule has 0 saturated carbocycles. The van der Waals surface area contributed by atoms with Crippen molar-refractivity contribution in [2.24, 2.45) is 0 Å². The Kier molecular flexibility index (Phi) is 5.85. The fourth-order valence-electron chi connectivity index (χ4n) is 1.62. The zero-order valence-corrected chi connectivity index (χ0v) is 12.9. The molecule has 17 heavy (non-hydrogen) atoms. The van der Waals surface area contributed by atoms with Crippen molar-refractivity contribution in [3.63, 3.8) is 0 Å². The molecule has 0 aliphatic rings. The van der Waals surface area contributed by atoms with E-state index in [1.54, 1.807) is 0 Å². The van der Waals surface area contributed by atoms with Gasteiger partial charge in [0, 0.05) is 16.7 Å². The first-order valence-electron chi connectivity index (χ1n) is 5.74. The number of halogens is 1. The van der Waals surface area contributed by atoms with Gasteiger partial charge in [-0.2, -0.15) is 0 Å². The van der Waals surface area contributed by atoms with E-state index < -0.39 is 0 Å². The van der Waals surface area contributed by atoms with E-state index in [4.69, 9.17) is 0 Å². The van der Waals surface area contributed by atoms with Gasteiger partial charge in [0.15, 0.2) is 0 Å². The van der Waals surface area contributed by atoms with Crippen LogP contribution >= 0.6 is 22.6 Å². The minimum atomic E-state index is -0.361. The number of rotatable bonds is 6.